The molecule has 0 aliphatic carbocycles. The summed E-state index contributed by atoms with van der Waals surface area (Å²) < 4.78 is 0. The standard InChI is InChI=1S/C28H35N5O8/c1-16(25(37)29-15-24(36)33-23(28(40)41)14-19-7-5-4-6-8-19)30-26(38)17(2)31-27(39)22(32-18(3)34)13-20-9-11-21(35)12-10-20/h4-12,16-17,22-23,35H,13-15H2,1-3H3,(H,29,37)(H,30,38)(H,31,39)(H,32,34)(H,33,36)(H,40,41)/t16-,17-,22-,23-/m0/s1. The van der Waals surface area contributed by atoms with Crippen LogP contribution in [0, 0.1) is 0 Å². The molecule has 2 aromatic carbocycles. The predicted octanol–water partition coefficient (Wildman–Crippen LogP) is -0.623. The summed E-state index contributed by atoms with van der Waals surface area (Å²) in [6.45, 7) is 3.51. The summed E-state index contributed by atoms with van der Waals surface area (Å²) in [5, 5.41) is 31.0. The van der Waals surface area contributed by atoms with Gasteiger partial charge in [0.25, 0.3) is 0 Å². The van der Waals surface area contributed by atoms with Crippen LogP contribution in [0.3, 0.4) is 0 Å². The number of aliphatic carboxylic acids is 1. The van der Waals surface area contributed by atoms with E-state index in [9.17, 15) is 39.0 Å². The van der Waals surface area contributed by atoms with Crippen molar-refractivity contribution in [1.29, 1.82) is 0 Å². The molecular formula is C28H35N5O8. The van der Waals surface area contributed by atoms with Gasteiger partial charge < -0.3 is 36.8 Å². The summed E-state index contributed by atoms with van der Waals surface area (Å²) in [6.07, 6.45) is 0.165. The van der Waals surface area contributed by atoms with Crippen molar-refractivity contribution < 1.29 is 39.0 Å². The smallest absolute Gasteiger partial charge is 0.326 e. The first-order chi connectivity index (χ1) is 19.3. The Kier molecular flexibility index (Phi) is 12.3. The van der Waals surface area contributed by atoms with Gasteiger partial charge in [0.1, 0.15) is 29.9 Å². The molecule has 0 bridgehead atoms. The Hall–Kier alpha value is -4.94. The van der Waals surface area contributed by atoms with E-state index in [-0.39, 0.29) is 18.6 Å². The van der Waals surface area contributed by atoms with Gasteiger partial charge in [-0.15, -0.1) is 0 Å². The average Bonchev–Trinajstić information content (AvgIpc) is 2.92. The normalized spacial score (nSPS) is 13.4. The molecule has 0 fully saturated rings. The van der Waals surface area contributed by atoms with E-state index in [1.165, 1.54) is 32.9 Å². The van der Waals surface area contributed by atoms with Gasteiger partial charge in [-0.05, 0) is 37.1 Å². The van der Waals surface area contributed by atoms with Gasteiger partial charge in [0, 0.05) is 19.8 Å². The van der Waals surface area contributed by atoms with Gasteiger partial charge >= 0.3 is 5.97 Å². The van der Waals surface area contributed by atoms with Crippen LogP contribution in [0.5, 0.6) is 5.75 Å². The highest BCUT2D eigenvalue weighted by Gasteiger charge is 2.26. The lowest BCUT2D eigenvalue weighted by molar-refractivity contribution is -0.141. The maximum atomic E-state index is 12.8. The zero-order valence-electron chi connectivity index (χ0n) is 23.0. The highest BCUT2D eigenvalue weighted by molar-refractivity contribution is 5.95. The van der Waals surface area contributed by atoms with Gasteiger partial charge in [-0.1, -0.05) is 42.5 Å². The van der Waals surface area contributed by atoms with E-state index in [1.54, 1.807) is 42.5 Å². The van der Waals surface area contributed by atoms with Crippen molar-refractivity contribution in [2.24, 2.45) is 0 Å². The molecule has 2 rings (SSSR count). The van der Waals surface area contributed by atoms with Gasteiger partial charge in [-0.25, -0.2) is 4.79 Å². The summed E-state index contributed by atoms with van der Waals surface area (Å²) in [6, 6.07) is 10.5. The molecule has 0 aromatic heterocycles. The summed E-state index contributed by atoms with van der Waals surface area (Å²) in [7, 11) is 0. The molecule has 0 aliphatic rings. The van der Waals surface area contributed by atoms with Gasteiger partial charge in [-0.2, -0.15) is 0 Å². The number of carbonyl (C=O) groups is 6. The summed E-state index contributed by atoms with van der Waals surface area (Å²) in [5.41, 5.74) is 1.38. The number of phenolic OH excluding ortho intramolecular Hbond substituents is 1. The fraction of sp³-hybridized carbons (Fsp3) is 0.357. The maximum Gasteiger partial charge on any atom is 0.326 e. The number of hydrogen-bond acceptors (Lipinski definition) is 7. The summed E-state index contributed by atoms with van der Waals surface area (Å²) in [5.74, 6) is -4.38. The van der Waals surface area contributed by atoms with E-state index in [4.69, 9.17) is 0 Å². The lowest BCUT2D eigenvalue weighted by Gasteiger charge is -2.22. The number of phenols is 1. The molecule has 2 aromatic rings. The number of amides is 5. The van der Waals surface area contributed by atoms with E-state index >= 15 is 0 Å². The SMILES string of the molecule is CC(=O)N[C@@H](Cc1ccc(O)cc1)C(=O)N[C@@H](C)C(=O)N[C@@H](C)C(=O)NCC(=O)N[C@@H](Cc1ccccc1)C(=O)O. The van der Waals surface area contributed by atoms with Crippen LogP contribution in [-0.2, 0) is 41.6 Å². The quantitative estimate of drug-likeness (QED) is 0.156. The van der Waals surface area contributed by atoms with E-state index in [2.05, 4.69) is 26.6 Å². The monoisotopic (exact) mass is 569 g/mol. The molecule has 13 heteroatoms. The van der Waals surface area contributed by atoms with Gasteiger partial charge in [0.15, 0.2) is 0 Å². The number of hydrogen-bond donors (Lipinski definition) is 7. The first-order valence-corrected chi connectivity index (χ1v) is 12.8. The number of nitrogens with one attached hydrogen (secondary N) is 5. The number of rotatable bonds is 14. The molecule has 0 saturated heterocycles. The van der Waals surface area contributed by atoms with Crippen LogP contribution in [0.25, 0.3) is 0 Å². The molecule has 0 heterocycles. The first-order valence-electron chi connectivity index (χ1n) is 12.8. The van der Waals surface area contributed by atoms with Gasteiger partial charge in [0.2, 0.25) is 29.5 Å². The van der Waals surface area contributed by atoms with Crippen LogP contribution in [0.15, 0.2) is 54.6 Å². The predicted molar refractivity (Wildman–Crippen MR) is 147 cm³/mol. The van der Waals surface area contributed by atoms with Crippen molar-refractivity contribution in [3.8, 4) is 5.75 Å². The molecule has 220 valence electrons. The zero-order valence-corrected chi connectivity index (χ0v) is 23.0. The van der Waals surface area contributed by atoms with Crippen molar-refractivity contribution in [2.75, 3.05) is 6.54 Å². The minimum absolute atomic E-state index is 0.0471. The summed E-state index contributed by atoms with van der Waals surface area (Å²) in [4.78, 5) is 73.2. The third-order valence-corrected chi connectivity index (χ3v) is 5.91. The van der Waals surface area contributed by atoms with E-state index in [0.717, 1.165) is 0 Å². The third-order valence-electron chi connectivity index (χ3n) is 5.91. The Bertz CT molecular complexity index is 1240. The number of benzene rings is 2. The van der Waals surface area contributed by atoms with Crippen LogP contribution >= 0.6 is 0 Å². The minimum atomic E-state index is -1.23. The summed E-state index contributed by atoms with van der Waals surface area (Å²) >= 11 is 0. The Morgan fingerprint density at radius 2 is 1.22 bits per heavy atom. The van der Waals surface area contributed by atoms with Crippen LogP contribution in [0.1, 0.15) is 31.9 Å². The van der Waals surface area contributed by atoms with E-state index < -0.39 is 66.2 Å². The topological polar surface area (TPSA) is 203 Å². The molecular weight excluding hydrogens is 534 g/mol. The molecule has 13 nitrogen and oxygen atoms in total. The lowest BCUT2D eigenvalue weighted by Crippen LogP contribution is -2.56. The second-order valence-electron chi connectivity index (χ2n) is 9.45. The molecule has 0 spiro atoms. The number of aromatic hydroxyl groups is 1. The van der Waals surface area contributed by atoms with Crippen LogP contribution in [-0.4, -0.2) is 76.4 Å². The molecule has 5 amide bonds. The number of carboxylic acid groups (broad SMARTS) is 1. The molecule has 7 N–H and O–H groups in total. The van der Waals surface area contributed by atoms with Crippen LogP contribution < -0.4 is 26.6 Å². The molecule has 41 heavy (non-hydrogen) atoms. The molecule has 0 unspecified atom stereocenters. The first kappa shape index (κ1) is 32.3. The number of carboxylic acids is 1. The second kappa shape index (κ2) is 15.6. The minimum Gasteiger partial charge on any atom is -0.508 e. The molecule has 0 aliphatic heterocycles. The van der Waals surface area contributed by atoms with Gasteiger partial charge in [0.05, 0.1) is 6.54 Å². The lowest BCUT2D eigenvalue weighted by atomic mass is 10.0. The molecule has 0 radical (unpaired) electrons. The Labute approximate surface area is 237 Å². The zero-order chi connectivity index (χ0) is 30.5. The average molecular weight is 570 g/mol. The van der Waals surface area contributed by atoms with E-state index in [0.29, 0.717) is 11.1 Å². The van der Waals surface area contributed by atoms with E-state index in [1.807, 2.05) is 0 Å². The van der Waals surface area contributed by atoms with Crippen LogP contribution in [0.2, 0.25) is 0 Å². The fourth-order valence-corrected chi connectivity index (χ4v) is 3.72. The second-order valence-corrected chi connectivity index (χ2v) is 9.45. The van der Waals surface area contributed by atoms with Crippen molar-refractivity contribution >= 4 is 35.5 Å². The van der Waals surface area contributed by atoms with Crippen LogP contribution in [0.4, 0.5) is 0 Å². The number of carbonyl (C=O) groups excluding carboxylic acids is 5. The highest BCUT2D eigenvalue weighted by Crippen LogP contribution is 2.11. The van der Waals surface area contributed by atoms with Crippen molar-refractivity contribution in [1.82, 2.24) is 26.6 Å². The van der Waals surface area contributed by atoms with Crippen molar-refractivity contribution in [3.63, 3.8) is 0 Å². The Balaban J connectivity index is 1.85. The highest BCUT2D eigenvalue weighted by atomic mass is 16.4. The fourth-order valence-electron chi connectivity index (χ4n) is 3.72. The van der Waals surface area contributed by atoms with Crippen molar-refractivity contribution in [3.05, 3.63) is 65.7 Å². The largest absolute Gasteiger partial charge is 0.508 e. The van der Waals surface area contributed by atoms with Gasteiger partial charge in [-0.3, -0.25) is 24.0 Å². The van der Waals surface area contributed by atoms with Crippen molar-refractivity contribution in [2.45, 2.75) is 57.8 Å². The third kappa shape index (κ3) is 11.4. The Morgan fingerprint density at radius 3 is 1.80 bits per heavy atom. The maximum absolute atomic E-state index is 12.8. The Morgan fingerprint density at radius 1 is 0.683 bits per heavy atom. The molecule has 0 saturated carbocycles. The molecule has 4 atom stereocenters.